The molecule has 0 radical (unpaired) electrons. The number of hydrogen-bond donors (Lipinski definition) is 0. The van der Waals surface area contributed by atoms with Crippen molar-refractivity contribution < 1.29 is 9.47 Å². The van der Waals surface area contributed by atoms with Crippen LogP contribution in [-0.4, -0.2) is 14.2 Å². The zero-order chi connectivity index (χ0) is 28.5. The molecule has 0 spiro atoms. The summed E-state index contributed by atoms with van der Waals surface area (Å²) in [7, 11) is 3.38. The number of thiophene rings is 1. The lowest BCUT2D eigenvalue weighted by atomic mass is 9.88. The number of rotatable bonds is 7. The van der Waals surface area contributed by atoms with Gasteiger partial charge in [0.05, 0.1) is 14.2 Å². The van der Waals surface area contributed by atoms with E-state index in [1.54, 1.807) is 25.6 Å². The van der Waals surface area contributed by atoms with Gasteiger partial charge in [-0.25, -0.2) is 0 Å². The predicted octanol–water partition coefficient (Wildman–Crippen LogP) is 10.9. The summed E-state index contributed by atoms with van der Waals surface area (Å²) in [6, 6.07) is 47.2. The summed E-state index contributed by atoms with van der Waals surface area (Å²) in [4.78, 5) is 3.54. The molecule has 204 valence electrons. The predicted molar refractivity (Wildman–Crippen MR) is 178 cm³/mol. The van der Waals surface area contributed by atoms with Gasteiger partial charge in [0.1, 0.15) is 11.5 Å². The second-order valence-electron chi connectivity index (χ2n) is 10.1. The fraction of sp³-hybridized carbons (Fsp3) is 0.0526. The van der Waals surface area contributed by atoms with E-state index in [2.05, 4.69) is 119 Å². The second-order valence-corrected chi connectivity index (χ2v) is 11.0. The standard InChI is InChI=1S/C38H29NO2S/c1-40-30-21-17-28(18-22-30)39(29-19-23-31(41-2)24-20-29)27-15-13-26(14-16-27)37-32-8-3-5-10-34(32)38(36-12-7-25-42-36)35-11-6-4-9-33(35)37/h3-25H,1-2H3. The van der Waals surface area contributed by atoms with E-state index in [4.69, 9.17) is 9.47 Å². The smallest absolute Gasteiger partial charge is 0.119 e. The quantitative estimate of drug-likeness (QED) is 0.180. The van der Waals surface area contributed by atoms with Crippen molar-refractivity contribution in [1.29, 1.82) is 0 Å². The molecule has 7 rings (SSSR count). The summed E-state index contributed by atoms with van der Waals surface area (Å²) < 4.78 is 10.8. The highest BCUT2D eigenvalue weighted by molar-refractivity contribution is 7.13. The minimum absolute atomic E-state index is 0.827. The lowest BCUT2D eigenvalue weighted by Gasteiger charge is -2.26. The van der Waals surface area contributed by atoms with Crippen LogP contribution in [0.1, 0.15) is 0 Å². The van der Waals surface area contributed by atoms with E-state index < -0.39 is 0 Å². The topological polar surface area (TPSA) is 21.7 Å². The van der Waals surface area contributed by atoms with Gasteiger partial charge in [0.15, 0.2) is 0 Å². The van der Waals surface area contributed by atoms with Crippen LogP contribution in [-0.2, 0) is 0 Å². The maximum Gasteiger partial charge on any atom is 0.119 e. The number of fused-ring (bicyclic) bond motifs is 2. The highest BCUT2D eigenvalue weighted by atomic mass is 32.1. The van der Waals surface area contributed by atoms with Crippen LogP contribution in [0.3, 0.4) is 0 Å². The molecule has 0 aliphatic carbocycles. The van der Waals surface area contributed by atoms with E-state index in [1.165, 1.54) is 43.1 Å². The summed E-state index contributed by atoms with van der Waals surface area (Å²) in [6.45, 7) is 0. The number of benzene rings is 6. The Morgan fingerprint density at radius 1 is 0.452 bits per heavy atom. The molecular weight excluding hydrogens is 534 g/mol. The first-order valence-corrected chi connectivity index (χ1v) is 14.8. The average molecular weight is 564 g/mol. The van der Waals surface area contributed by atoms with E-state index in [0.717, 1.165) is 28.6 Å². The molecule has 0 N–H and O–H groups in total. The molecule has 0 aliphatic rings. The second kappa shape index (κ2) is 11.1. The Hall–Kier alpha value is -5.06. The van der Waals surface area contributed by atoms with Crippen molar-refractivity contribution in [1.82, 2.24) is 0 Å². The van der Waals surface area contributed by atoms with Crippen LogP contribution < -0.4 is 14.4 Å². The summed E-state index contributed by atoms with van der Waals surface area (Å²) in [6.07, 6.45) is 0. The fourth-order valence-electron chi connectivity index (χ4n) is 5.81. The van der Waals surface area contributed by atoms with E-state index >= 15 is 0 Å². The first-order valence-electron chi connectivity index (χ1n) is 13.9. The summed E-state index contributed by atoms with van der Waals surface area (Å²) in [5, 5.41) is 7.22. The van der Waals surface area contributed by atoms with Crippen molar-refractivity contribution >= 4 is 49.9 Å². The molecule has 0 saturated carbocycles. The molecule has 4 heteroatoms. The molecule has 3 nitrogen and oxygen atoms in total. The molecular formula is C38H29NO2S. The Bertz CT molecular complexity index is 1870. The molecule has 7 aromatic rings. The van der Waals surface area contributed by atoms with E-state index in [9.17, 15) is 0 Å². The normalized spacial score (nSPS) is 11.1. The van der Waals surface area contributed by atoms with Gasteiger partial charge in [0.25, 0.3) is 0 Å². The molecule has 1 heterocycles. The first-order chi connectivity index (χ1) is 20.7. The molecule has 0 amide bonds. The van der Waals surface area contributed by atoms with Crippen LogP contribution in [0.4, 0.5) is 17.1 Å². The van der Waals surface area contributed by atoms with Crippen molar-refractivity contribution in [2.75, 3.05) is 19.1 Å². The average Bonchev–Trinajstić information content (AvgIpc) is 3.59. The maximum absolute atomic E-state index is 5.42. The molecule has 0 atom stereocenters. The number of methoxy groups -OCH3 is 2. The molecule has 42 heavy (non-hydrogen) atoms. The van der Waals surface area contributed by atoms with Gasteiger partial charge in [0.2, 0.25) is 0 Å². The molecule has 0 bridgehead atoms. The highest BCUT2D eigenvalue weighted by Crippen LogP contribution is 2.45. The lowest BCUT2D eigenvalue weighted by Crippen LogP contribution is -2.09. The van der Waals surface area contributed by atoms with E-state index in [0.29, 0.717) is 0 Å². The van der Waals surface area contributed by atoms with Gasteiger partial charge < -0.3 is 14.4 Å². The SMILES string of the molecule is COc1ccc(N(c2ccc(OC)cc2)c2ccc(-c3c4ccccc4c(-c4cccs4)c4ccccc34)cc2)cc1. The van der Waals surface area contributed by atoms with Crippen molar-refractivity contribution in [2.45, 2.75) is 0 Å². The molecule has 6 aromatic carbocycles. The van der Waals surface area contributed by atoms with Crippen molar-refractivity contribution in [3.63, 3.8) is 0 Å². The third kappa shape index (κ3) is 4.56. The van der Waals surface area contributed by atoms with Crippen LogP contribution >= 0.6 is 11.3 Å². The van der Waals surface area contributed by atoms with Crippen LogP contribution in [0.2, 0.25) is 0 Å². The van der Waals surface area contributed by atoms with Crippen LogP contribution in [0.5, 0.6) is 11.5 Å². The van der Waals surface area contributed by atoms with Gasteiger partial charge in [0, 0.05) is 27.5 Å². The van der Waals surface area contributed by atoms with Crippen LogP contribution in [0, 0.1) is 0 Å². The van der Waals surface area contributed by atoms with Gasteiger partial charge in [-0.3, -0.25) is 0 Å². The monoisotopic (exact) mass is 563 g/mol. The molecule has 0 unspecified atom stereocenters. The number of hydrogen-bond acceptors (Lipinski definition) is 4. The largest absolute Gasteiger partial charge is 0.497 e. The van der Waals surface area contributed by atoms with Gasteiger partial charge in [-0.15, -0.1) is 11.3 Å². The molecule has 0 fully saturated rings. The Labute approximate surface area is 249 Å². The summed E-state index contributed by atoms with van der Waals surface area (Å²) in [5.74, 6) is 1.65. The summed E-state index contributed by atoms with van der Waals surface area (Å²) in [5.41, 5.74) is 6.91. The lowest BCUT2D eigenvalue weighted by molar-refractivity contribution is 0.415. The Balaban J connectivity index is 1.39. The molecule has 1 aromatic heterocycles. The van der Waals surface area contributed by atoms with Crippen LogP contribution in [0.25, 0.3) is 43.1 Å². The molecule has 0 saturated heterocycles. The minimum Gasteiger partial charge on any atom is -0.497 e. The van der Waals surface area contributed by atoms with Crippen molar-refractivity contribution in [2.24, 2.45) is 0 Å². The van der Waals surface area contributed by atoms with Gasteiger partial charge in [-0.2, -0.15) is 0 Å². The fourth-order valence-corrected chi connectivity index (χ4v) is 6.61. The van der Waals surface area contributed by atoms with E-state index in [1.807, 2.05) is 24.3 Å². The van der Waals surface area contributed by atoms with Crippen molar-refractivity contribution in [3.05, 3.63) is 139 Å². The zero-order valence-corrected chi connectivity index (χ0v) is 24.3. The highest BCUT2D eigenvalue weighted by Gasteiger charge is 2.18. The van der Waals surface area contributed by atoms with E-state index in [-0.39, 0.29) is 0 Å². The Morgan fingerprint density at radius 3 is 1.29 bits per heavy atom. The minimum atomic E-state index is 0.827. The maximum atomic E-state index is 5.42. The first kappa shape index (κ1) is 25.9. The molecule has 0 aliphatic heterocycles. The third-order valence-corrected chi connectivity index (χ3v) is 8.66. The van der Waals surface area contributed by atoms with Crippen LogP contribution in [0.15, 0.2) is 139 Å². The van der Waals surface area contributed by atoms with Gasteiger partial charge in [-0.1, -0.05) is 66.7 Å². The number of ether oxygens (including phenoxy) is 2. The third-order valence-electron chi connectivity index (χ3n) is 7.77. The Kier molecular flexibility index (Phi) is 6.82. The van der Waals surface area contributed by atoms with Gasteiger partial charge in [-0.05, 0) is 105 Å². The van der Waals surface area contributed by atoms with Gasteiger partial charge >= 0.3 is 0 Å². The number of anilines is 3. The zero-order valence-electron chi connectivity index (χ0n) is 23.5. The summed E-state index contributed by atoms with van der Waals surface area (Å²) >= 11 is 1.79. The van der Waals surface area contributed by atoms with Crippen molar-refractivity contribution in [3.8, 4) is 33.1 Å². The number of nitrogens with zero attached hydrogens (tertiary/aromatic N) is 1. The Morgan fingerprint density at radius 2 is 0.881 bits per heavy atom.